The summed E-state index contributed by atoms with van der Waals surface area (Å²) in [7, 11) is 0. The molecule has 0 aliphatic carbocycles. The van der Waals surface area contributed by atoms with E-state index in [2.05, 4.69) is 6.92 Å². The van der Waals surface area contributed by atoms with Crippen molar-refractivity contribution in [3.8, 4) is 0 Å². The third-order valence-corrected chi connectivity index (χ3v) is 2.65. The van der Waals surface area contributed by atoms with Crippen molar-refractivity contribution < 1.29 is 4.79 Å². The molecule has 0 aromatic heterocycles. The zero-order valence-electron chi connectivity index (χ0n) is 7.82. The molecule has 0 amide bonds. The van der Waals surface area contributed by atoms with Crippen LogP contribution in [0.15, 0.2) is 35.2 Å². The van der Waals surface area contributed by atoms with Crippen LogP contribution in [0.5, 0.6) is 0 Å². The number of unbranched alkanes of at least 4 members (excludes halogenated alkanes) is 1. The van der Waals surface area contributed by atoms with E-state index in [1.165, 1.54) is 11.8 Å². The zero-order chi connectivity index (χ0) is 9.52. The van der Waals surface area contributed by atoms with Crippen LogP contribution < -0.4 is 0 Å². The Labute approximate surface area is 83.5 Å². The van der Waals surface area contributed by atoms with Gasteiger partial charge in [0.1, 0.15) is 0 Å². The molecule has 2 heteroatoms. The first-order valence-electron chi connectivity index (χ1n) is 4.58. The summed E-state index contributed by atoms with van der Waals surface area (Å²) in [6.07, 6.45) is 2.77. The van der Waals surface area contributed by atoms with Crippen molar-refractivity contribution >= 4 is 16.9 Å². The highest BCUT2D eigenvalue weighted by Crippen LogP contribution is 2.20. The predicted molar refractivity (Wildman–Crippen MR) is 56.8 cm³/mol. The van der Waals surface area contributed by atoms with Gasteiger partial charge in [0.2, 0.25) is 0 Å². The average Bonchev–Trinajstić information content (AvgIpc) is 2.16. The van der Waals surface area contributed by atoms with Crippen LogP contribution >= 0.6 is 11.8 Å². The molecule has 1 aromatic carbocycles. The van der Waals surface area contributed by atoms with Crippen LogP contribution in [0.2, 0.25) is 0 Å². The van der Waals surface area contributed by atoms with Crippen molar-refractivity contribution in [3.05, 3.63) is 30.3 Å². The minimum absolute atomic E-state index is 0.271. The van der Waals surface area contributed by atoms with Crippen molar-refractivity contribution in [2.24, 2.45) is 0 Å². The van der Waals surface area contributed by atoms with Gasteiger partial charge < -0.3 is 0 Å². The number of carbonyl (C=O) groups excluding carboxylic acids is 1. The number of carbonyl (C=O) groups is 1. The molecule has 0 aliphatic heterocycles. The Balaban J connectivity index is 2.37. The summed E-state index contributed by atoms with van der Waals surface area (Å²) in [5, 5.41) is 0.271. The molecule has 0 fully saturated rings. The molecule has 0 unspecified atom stereocenters. The maximum atomic E-state index is 11.3. The third-order valence-electron chi connectivity index (χ3n) is 1.71. The maximum absolute atomic E-state index is 11.3. The summed E-state index contributed by atoms with van der Waals surface area (Å²) in [5.41, 5.74) is 0. The van der Waals surface area contributed by atoms with Gasteiger partial charge in [-0.2, -0.15) is 0 Å². The first kappa shape index (κ1) is 10.3. The average molecular weight is 194 g/mol. The first-order chi connectivity index (χ1) is 6.33. The van der Waals surface area contributed by atoms with E-state index in [1.54, 1.807) is 0 Å². The molecule has 1 rings (SSSR count). The number of benzene rings is 1. The highest BCUT2D eigenvalue weighted by atomic mass is 32.2. The van der Waals surface area contributed by atoms with Gasteiger partial charge in [-0.3, -0.25) is 4.79 Å². The maximum Gasteiger partial charge on any atom is 0.193 e. The Bertz CT molecular complexity index is 256. The summed E-state index contributed by atoms with van der Waals surface area (Å²) in [5.74, 6) is 0. The molecular formula is C11H14OS. The molecule has 13 heavy (non-hydrogen) atoms. The number of hydrogen-bond acceptors (Lipinski definition) is 2. The van der Waals surface area contributed by atoms with Gasteiger partial charge in [0, 0.05) is 11.3 Å². The fourth-order valence-electron chi connectivity index (χ4n) is 0.992. The van der Waals surface area contributed by atoms with E-state index < -0.39 is 0 Å². The predicted octanol–water partition coefficient (Wildman–Crippen LogP) is 3.50. The van der Waals surface area contributed by atoms with E-state index in [9.17, 15) is 4.79 Å². The lowest BCUT2D eigenvalue weighted by Gasteiger charge is -1.98. The molecule has 0 bridgehead atoms. The molecule has 0 aliphatic rings. The van der Waals surface area contributed by atoms with Gasteiger partial charge in [0.05, 0.1) is 0 Å². The van der Waals surface area contributed by atoms with Crippen molar-refractivity contribution in [1.82, 2.24) is 0 Å². The molecule has 0 spiro atoms. The van der Waals surface area contributed by atoms with E-state index in [-0.39, 0.29) is 5.12 Å². The standard InChI is InChI=1S/C11H14OS/c1-2-3-9-11(12)13-10-7-5-4-6-8-10/h4-8H,2-3,9H2,1H3. The van der Waals surface area contributed by atoms with Crippen molar-refractivity contribution in [2.75, 3.05) is 0 Å². The highest BCUT2D eigenvalue weighted by Gasteiger charge is 2.02. The monoisotopic (exact) mass is 194 g/mol. The fraction of sp³-hybridized carbons (Fsp3) is 0.364. The Kier molecular flexibility index (Phi) is 4.61. The van der Waals surface area contributed by atoms with Gasteiger partial charge in [-0.05, 0) is 18.6 Å². The molecule has 0 saturated heterocycles. The highest BCUT2D eigenvalue weighted by molar-refractivity contribution is 8.13. The van der Waals surface area contributed by atoms with Gasteiger partial charge in [-0.15, -0.1) is 0 Å². The van der Waals surface area contributed by atoms with Gasteiger partial charge in [0.25, 0.3) is 0 Å². The largest absolute Gasteiger partial charge is 0.287 e. The van der Waals surface area contributed by atoms with Crippen LogP contribution in [-0.4, -0.2) is 5.12 Å². The Morgan fingerprint density at radius 1 is 1.31 bits per heavy atom. The molecule has 0 heterocycles. The molecular weight excluding hydrogens is 180 g/mol. The number of rotatable bonds is 4. The summed E-state index contributed by atoms with van der Waals surface area (Å²) < 4.78 is 0. The Morgan fingerprint density at radius 2 is 2.00 bits per heavy atom. The number of thioether (sulfide) groups is 1. The summed E-state index contributed by atoms with van der Waals surface area (Å²) in [6, 6.07) is 9.80. The molecule has 0 radical (unpaired) electrons. The normalized spacial score (nSPS) is 9.92. The van der Waals surface area contributed by atoms with E-state index in [0.717, 1.165) is 17.7 Å². The molecule has 1 nitrogen and oxygen atoms in total. The lowest BCUT2D eigenvalue weighted by Crippen LogP contribution is -1.89. The molecule has 0 saturated carbocycles. The van der Waals surface area contributed by atoms with E-state index >= 15 is 0 Å². The van der Waals surface area contributed by atoms with Crippen molar-refractivity contribution in [2.45, 2.75) is 31.1 Å². The van der Waals surface area contributed by atoms with E-state index in [4.69, 9.17) is 0 Å². The van der Waals surface area contributed by atoms with Crippen LogP contribution in [0, 0.1) is 0 Å². The Morgan fingerprint density at radius 3 is 2.62 bits per heavy atom. The van der Waals surface area contributed by atoms with Gasteiger partial charge >= 0.3 is 0 Å². The topological polar surface area (TPSA) is 17.1 Å². The van der Waals surface area contributed by atoms with Crippen molar-refractivity contribution in [1.29, 1.82) is 0 Å². The molecule has 0 N–H and O–H groups in total. The summed E-state index contributed by atoms with van der Waals surface area (Å²) >= 11 is 1.34. The van der Waals surface area contributed by atoms with Crippen LogP contribution in [0.3, 0.4) is 0 Å². The lowest BCUT2D eigenvalue weighted by atomic mass is 10.3. The molecule has 70 valence electrons. The minimum atomic E-state index is 0.271. The van der Waals surface area contributed by atoms with E-state index in [0.29, 0.717) is 6.42 Å². The smallest absolute Gasteiger partial charge is 0.193 e. The van der Waals surface area contributed by atoms with Crippen LogP contribution in [0.4, 0.5) is 0 Å². The summed E-state index contributed by atoms with van der Waals surface area (Å²) in [4.78, 5) is 12.4. The van der Waals surface area contributed by atoms with Gasteiger partial charge in [-0.1, -0.05) is 43.3 Å². The lowest BCUT2D eigenvalue weighted by molar-refractivity contribution is -0.111. The SMILES string of the molecule is CCCCC(=O)Sc1ccccc1. The Hall–Kier alpha value is -0.760. The van der Waals surface area contributed by atoms with Crippen LogP contribution in [0.25, 0.3) is 0 Å². The second-order valence-corrected chi connectivity index (χ2v) is 4.02. The minimum Gasteiger partial charge on any atom is -0.287 e. The van der Waals surface area contributed by atoms with Gasteiger partial charge in [-0.25, -0.2) is 0 Å². The van der Waals surface area contributed by atoms with Crippen LogP contribution in [-0.2, 0) is 4.79 Å². The third kappa shape index (κ3) is 4.13. The second-order valence-electron chi connectivity index (χ2n) is 2.89. The molecule has 0 atom stereocenters. The second kappa shape index (κ2) is 5.81. The fourth-order valence-corrected chi connectivity index (χ4v) is 1.79. The van der Waals surface area contributed by atoms with Crippen LogP contribution in [0.1, 0.15) is 26.2 Å². The zero-order valence-corrected chi connectivity index (χ0v) is 8.64. The number of hydrogen-bond donors (Lipinski definition) is 0. The quantitative estimate of drug-likeness (QED) is 0.682. The van der Waals surface area contributed by atoms with Gasteiger partial charge in [0.15, 0.2) is 5.12 Å². The first-order valence-corrected chi connectivity index (χ1v) is 5.40. The summed E-state index contributed by atoms with van der Waals surface area (Å²) in [6.45, 7) is 2.10. The molecule has 1 aromatic rings. The van der Waals surface area contributed by atoms with E-state index in [1.807, 2.05) is 30.3 Å². The van der Waals surface area contributed by atoms with Crippen molar-refractivity contribution in [3.63, 3.8) is 0 Å².